The van der Waals surface area contributed by atoms with Crippen LogP contribution in [0.4, 0.5) is 4.79 Å². The zero-order valence-electron chi connectivity index (χ0n) is 11.4. The zero-order valence-corrected chi connectivity index (χ0v) is 11.4. The number of hydrogen-bond donors (Lipinski definition) is 2. The summed E-state index contributed by atoms with van der Waals surface area (Å²) in [5, 5.41) is 8.71. The van der Waals surface area contributed by atoms with Crippen LogP contribution in [0.3, 0.4) is 0 Å². The number of esters is 1. The largest absolute Gasteiger partial charge is 0.460 e. The molecule has 1 aromatic rings. The van der Waals surface area contributed by atoms with Gasteiger partial charge in [-0.25, -0.2) is 14.6 Å². The zero-order chi connectivity index (χ0) is 14.5. The molecule has 8 nitrogen and oxygen atoms in total. The van der Waals surface area contributed by atoms with Crippen LogP contribution >= 0.6 is 0 Å². The van der Waals surface area contributed by atoms with Crippen molar-refractivity contribution in [3.8, 4) is 0 Å². The van der Waals surface area contributed by atoms with Gasteiger partial charge in [0.05, 0.1) is 13.2 Å². The number of H-pyrrole nitrogens is 1. The maximum absolute atomic E-state index is 11.4. The van der Waals surface area contributed by atoms with E-state index in [0.29, 0.717) is 5.82 Å². The van der Waals surface area contributed by atoms with E-state index in [0.717, 1.165) is 0 Å². The van der Waals surface area contributed by atoms with Crippen molar-refractivity contribution in [2.75, 3.05) is 6.61 Å². The fourth-order valence-electron chi connectivity index (χ4n) is 1.13. The van der Waals surface area contributed by atoms with E-state index in [1.807, 2.05) is 0 Å². The van der Waals surface area contributed by atoms with E-state index in [1.54, 1.807) is 27.7 Å². The minimum atomic E-state index is -0.609. The summed E-state index contributed by atoms with van der Waals surface area (Å²) in [6.07, 6.45) is -0.568. The molecule has 1 rings (SSSR count). The van der Waals surface area contributed by atoms with Crippen LogP contribution in [0.25, 0.3) is 0 Å². The minimum Gasteiger partial charge on any atom is -0.460 e. The van der Waals surface area contributed by atoms with E-state index in [2.05, 4.69) is 20.5 Å². The van der Waals surface area contributed by atoms with Crippen LogP contribution in [0.1, 0.15) is 44.1 Å². The lowest BCUT2D eigenvalue weighted by Gasteiger charge is -2.19. The summed E-state index contributed by atoms with van der Waals surface area (Å²) in [7, 11) is 0. The molecule has 0 spiro atoms. The van der Waals surface area contributed by atoms with Gasteiger partial charge in [-0.1, -0.05) is 0 Å². The quantitative estimate of drug-likeness (QED) is 0.791. The van der Waals surface area contributed by atoms with Gasteiger partial charge in [-0.15, -0.1) is 5.10 Å². The molecule has 0 aliphatic rings. The van der Waals surface area contributed by atoms with Crippen molar-refractivity contribution in [2.24, 2.45) is 0 Å². The van der Waals surface area contributed by atoms with Gasteiger partial charge in [0, 0.05) is 0 Å². The molecule has 1 heterocycles. The average Bonchev–Trinajstić information content (AvgIpc) is 2.73. The molecule has 0 saturated heterocycles. The van der Waals surface area contributed by atoms with Crippen LogP contribution in [0.15, 0.2) is 0 Å². The molecule has 106 valence electrons. The second kappa shape index (κ2) is 6.17. The molecule has 0 aromatic carbocycles. The summed E-state index contributed by atoms with van der Waals surface area (Å²) >= 11 is 0. The summed E-state index contributed by atoms with van der Waals surface area (Å²) in [6.45, 7) is 7.31. The molecule has 0 saturated carbocycles. The number of aromatic amines is 1. The summed E-state index contributed by atoms with van der Waals surface area (Å²) in [5.41, 5.74) is -0.568. The molecule has 0 aliphatic carbocycles. The second-order valence-electron chi connectivity index (χ2n) is 4.68. The van der Waals surface area contributed by atoms with Gasteiger partial charge in [0.15, 0.2) is 0 Å². The Kier molecular flexibility index (Phi) is 4.85. The van der Waals surface area contributed by atoms with Crippen LogP contribution in [0.5, 0.6) is 0 Å². The summed E-state index contributed by atoms with van der Waals surface area (Å²) < 4.78 is 9.79. The monoisotopic (exact) mass is 270 g/mol. The normalized spacial score (nSPS) is 10.9. The van der Waals surface area contributed by atoms with E-state index in [1.165, 1.54) is 0 Å². The summed E-state index contributed by atoms with van der Waals surface area (Å²) in [6, 6.07) is 0. The number of aromatic nitrogens is 3. The van der Waals surface area contributed by atoms with Gasteiger partial charge in [-0.05, 0) is 27.7 Å². The Balaban J connectivity index is 2.46. The smallest absolute Gasteiger partial charge is 0.408 e. The fourth-order valence-corrected chi connectivity index (χ4v) is 1.13. The topological polar surface area (TPSA) is 106 Å². The molecule has 0 unspecified atom stereocenters. The Morgan fingerprint density at radius 2 is 2.05 bits per heavy atom. The van der Waals surface area contributed by atoms with Gasteiger partial charge in [0.1, 0.15) is 11.4 Å². The summed E-state index contributed by atoms with van der Waals surface area (Å²) in [4.78, 5) is 26.6. The van der Waals surface area contributed by atoms with Crippen molar-refractivity contribution in [2.45, 2.75) is 39.8 Å². The van der Waals surface area contributed by atoms with Gasteiger partial charge >= 0.3 is 12.1 Å². The number of nitrogens with one attached hydrogen (secondary N) is 2. The first-order valence-electron chi connectivity index (χ1n) is 5.87. The predicted molar refractivity (Wildman–Crippen MR) is 65.4 cm³/mol. The molecule has 0 atom stereocenters. The Hall–Kier alpha value is -2.12. The highest BCUT2D eigenvalue weighted by atomic mass is 16.6. The van der Waals surface area contributed by atoms with E-state index in [-0.39, 0.29) is 19.0 Å². The van der Waals surface area contributed by atoms with E-state index in [9.17, 15) is 9.59 Å². The molecule has 2 N–H and O–H groups in total. The number of ether oxygens (including phenoxy) is 2. The highest BCUT2D eigenvalue weighted by Gasteiger charge is 2.17. The Bertz CT molecular complexity index is 450. The number of nitrogens with zero attached hydrogens (tertiary/aromatic N) is 2. The second-order valence-corrected chi connectivity index (χ2v) is 4.68. The van der Waals surface area contributed by atoms with Gasteiger partial charge in [0.25, 0.3) is 5.82 Å². The fraction of sp³-hybridized carbons (Fsp3) is 0.636. The van der Waals surface area contributed by atoms with Crippen molar-refractivity contribution < 1.29 is 19.1 Å². The number of rotatable bonds is 4. The Labute approximate surface area is 110 Å². The minimum absolute atomic E-state index is 0.0668. The van der Waals surface area contributed by atoms with Crippen LogP contribution in [-0.2, 0) is 16.0 Å². The van der Waals surface area contributed by atoms with Gasteiger partial charge in [0.2, 0.25) is 0 Å². The van der Waals surface area contributed by atoms with Crippen molar-refractivity contribution >= 4 is 12.1 Å². The van der Waals surface area contributed by atoms with Crippen molar-refractivity contribution in [1.82, 2.24) is 20.5 Å². The lowest BCUT2D eigenvalue weighted by atomic mass is 10.2. The van der Waals surface area contributed by atoms with E-state index >= 15 is 0 Å². The molecule has 0 radical (unpaired) electrons. The first kappa shape index (κ1) is 14.9. The van der Waals surface area contributed by atoms with Gasteiger partial charge in [-0.2, -0.15) is 0 Å². The maximum Gasteiger partial charge on any atom is 0.408 e. The lowest BCUT2D eigenvalue weighted by Crippen LogP contribution is -2.32. The van der Waals surface area contributed by atoms with Crippen molar-refractivity contribution in [1.29, 1.82) is 0 Å². The van der Waals surface area contributed by atoms with E-state index < -0.39 is 17.7 Å². The molecular weight excluding hydrogens is 252 g/mol. The van der Waals surface area contributed by atoms with Crippen LogP contribution in [0.2, 0.25) is 0 Å². The molecule has 1 aromatic heterocycles. The summed E-state index contributed by atoms with van der Waals surface area (Å²) in [5.74, 6) is -0.334. The molecule has 8 heteroatoms. The highest BCUT2D eigenvalue weighted by Crippen LogP contribution is 2.06. The van der Waals surface area contributed by atoms with Crippen LogP contribution < -0.4 is 5.32 Å². The molecular formula is C11H18N4O4. The SMILES string of the molecule is CCOC(=O)c1n[nH]c(CNC(=O)OC(C)(C)C)n1. The van der Waals surface area contributed by atoms with Crippen molar-refractivity contribution in [3.63, 3.8) is 0 Å². The number of amides is 1. The number of hydrogen-bond acceptors (Lipinski definition) is 6. The Morgan fingerprint density at radius 3 is 2.63 bits per heavy atom. The highest BCUT2D eigenvalue weighted by molar-refractivity contribution is 5.84. The Morgan fingerprint density at radius 1 is 1.37 bits per heavy atom. The molecule has 0 fully saturated rings. The first-order valence-corrected chi connectivity index (χ1v) is 5.87. The average molecular weight is 270 g/mol. The molecule has 0 aliphatic heterocycles. The molecule has 1 amide bonds. The van der Waals surface area contributed by atoms with E-state index in [4.69, 9.17) is 9.47 Å². The van der Waals surface area contributed by atoms with Gasteiger partial charge in [-0.3, -0.25) is 5.10 Å². The third-order valence-electron chi connectivity index (χ3n) is 1.79. The van der Waals surface area contributed by atoms with Crippen LogP contribution in [-0.4, -0.2) is 39.5 Å². The number of carbonyl (C=O) groups is 2. The maximum atomic E-state index is 11.4. The molecule has 0 bridgehead atoms. The standard InChI is InChI=1S/C11H18N4O4/c1-5-18-9(16)8-13-7(14-15-8)6-12-10(17)19-11(2,3)4/h5-6H2,1-4H3,(H,12,17)(H,13,14,15). The number of alkyl carbamates (subject to hydrolysis) is 1. The first-order chi connectivity index (χ1) is 8.81. The third-order valence-corrected chi connectivity index (χ3v) is 1.79. The predicted octanol–water partition coefficient (Wildman–Crippen LogP) is 1.01. The molecule has 19 heavy (non-hydrogen) atoms. The number of carbonyl (C=O) groups excluding carboxylic acids is 2. The third kappa shape index (κ3) is 5.36. The van der Waals surface area contributed by atoms with Crippen LogP contribution in [0, 0.1) is 0 Å². The lowest BCUT2D eigenvalue weighted by molar-refractivity contribution is 0.0508. The van der Waals surface area contributed by atoms with Crippen molar-refractivity contribution in [3.05, 3.63) is 11.6 Å². The van der Waals surface area contributed by atoms with Gasteiger partial charge < -0.3 is 14.8 Å².